The average Bonchev–Trinajstić information content (AvgIpc) is 3.11. The summed E-state index contributed by atoms with van der Waals surface area (Å²) in [4.78, 5) is 6.25. The molecule has 0 unspecified atom stereocenters. The number of ether oxygens (including phenoxy) is 1. The second kappa shape index (κ2) is 9.26. The van der Waals surface area contributed by atoms with Crippen molar-refractivity contribution in [3.8, 4) is 11.3 Å². The molecule has 0 aliphatic heterocycles. The Kier molecular flexibility index (Phi) is 6.29. The Morgan fingerprint density at radius 2 is 1.93 bits per heavy atom. The maximum Gasteiger partial charge on any atom is 0.142 e. The zero-order chi connectivity index (χ0) is 20.9. The fourth-order valence-corrected chi connectivity index (χ4v) is 3.96. The van der Waals surface area contributed by atoms with Crippen molar-refractivity contribution >= 4 is 6.08 Å². The number of aromatic nitrogens is 2. The number of fused-ring (bicyclic) bond motifs is 1. The second-order valence-electron chi connectivity index (χ2n) is 8.02. The third kappa shape index (κ3) is 4.79. The summed E-state index contributed by atoms with van der Waals surface area (Å²) in [7, 11) is 4.17. The Bertz CT molecular complexity index is 1020. The van der Waals surface area contributed by atoms with Gasteiger partial charge in [0.15, 0.2) is 0 Å². The van der Waals surface area contributed by atoms with Gasteiger partial charge in [-0.3, -0.25) is 4.98 Å². The number of rotatable bonds is 8. The lowest BCUT2D eigenvalue weighted by molar-refractivity contribution is 0.191. The monoisotopic (exact) mass is 405 g/mol. The van der Waals surface area contributed by atoms with E-state index in [4.69, 9.17) is 4.74 Å². The molecule has 1 aromatic carbocycles. The van der Waals surface area contributed by atoms with Gasteiger partial charge in [0.1, 0.15) is 12.4 Å². The molecule has 3 aromatic rings. The lowest BCUT2D eigenvalue weighted by atomic mass is 10.0. The fourth-order valence-electron chi connectivity index (χ4n) is 3.96. The Morgan fingerprint density at radius 3 is 2.70 bits per heavy atom. The molecule has 1 aliphatic rings. The first-order chi connectivity index (χ1) is 14.6. The Hall–Kier alpha value is -2.92. The lowest BCUT2D eigenvalue weighted by Crippen LogP contribution is -2.16. The van der Waals surface area contributed by atoms with Crippen LogP contribution >= 0.6 is 0 Å². The van der Waals surface area contributed by atoms with E-state index in [1.54, 1.807) is 12.3 Å². The first kappa shape index (κ1) is 20.4. The molecule has 0 atom stereocenters. The fraction of sp³-hybridized carbons (Fsp3) is 0.320. The van der Waals surface area contributed by atoms with E-state index in [-0.39, 0.29) is 5.82 Å². The van der Waals surface area contributed by atoms with Crippen LogP contribution in [0.15, 0.2) is 60.6 Å². The number of pyridine rings is 1. The molecular weight excluding hydrogens is 377 g/mol. The number of nitrogens with zero attached hydrogens (tertiary/aromatic N) is 3. The van der Waals surface area contributed by atoms with Crippen LogP contribution in [0.4, 0.5) is 4.39 Å². The van der Waals surface area contributed by atoms with E-state index in [1.165, 1.54) is 11.9 Å². The molecule has 5 heteroatoms. The van der Waals surface area contributed by atoms with Crippen LogP contribution in [0.5, 0.6) is 0 Å². The van der Waals surface area contributed by atoms with Crippen LogP contribution in [0.1, 0.15) is 29.7 Å². The topological polar surface area (TPSA) is 30.3 Å². The minimum atomic E-state index is -0.311. The number of allylic oxidation sites excluding steroid dienone is 1. The maximum atomic E-state index is 13.8. The summed E-state index contributed by atoms with van der Waals surface area (Å²) in [6.07, 6.45) is 7.95. The zero-order valence-electron chi connectivity index (χ0n) is 17.6. The highest BCUT2D eigenvalue weighted by atomic mass is 19.1. The second-order valence-corrected chi connectivity index (χ2v) is 8.02. The van der Waals surface area contributed by atoms with Gasteiger partial charge in [-0.15, -0.1) is 0 Å². The van der Waals surface area contributed by atoms with Gasteiger partial charge in [-0.05, 0) is 62.8 Å². The van der Waals surface area contributed by atoms with Crippen molar-refractivity contribution in [1.29, 1.82) is 0 Å². The first-order valence-electron chi connectivity index (χ1n) is 10.5. The van der Waals surface area contributed by atoms with E-state index >= 15 is 0 Å². The third-order valence-corrected chi connectivity index (χ3v) is 5.42. The van der Waals surface area contributed by atoms with E-state index in [9.17, 15) is 4.39 Å². The quantitative estimate of drug-likeness (QED) is 0.520. The van der Waals surface area contributed by atoms with Gasteiger partial charge in [-0.1, -0.05) is 30.3 Å². The molecule has 4 nitrogen and oxygen atoms in total. The van der Waals surface area contributed by atoms with Crippen LogP contribution in [0.25, 0.3) is 17.3 Å². The number of hydrogen-bond acceptors (Lipinski definition) is 3. The minimum Gasteiger partial charge on any atom is -0.493 e. The van der Waals surface area contributed by atoms with Gasteiger partial charge in [0.25, 0.3) is 0 Å². The highest BCUT2D eigenvalue weighted by Gasteiger charge is 2.20. The van der Waals surface area contributed by atoms with E-state index in [0.717, 1.165) is 60.5 Å². The lowest BCUT2D eigenvalue weighted by Gasteiger charge is -2.19. The van der Waals surface area contributed by atoms with Crippen LogP contribution in [-0.2, 0) is 24.3 Å². The third-order valence-electron chi connectivity index (χ3n) is 5.42. The molecule has 0 N–H and O–H groups in total. The van der Waals surface area contributed by atoms with Gasteiger partial charge in [0.2, 0.25) is 0 Å². The van der Waals surface area contributed by atoms with Crippen molar-refractivity contribution in [3.05, 3.63) is 83.3 Å². The molecule has 0 saturated carbocycles. The van der Waals surface area contributed by atoms with E-state index < -0.39 is 0 Å². The highest BCUT2D eigenvalue weighted by Crippen LogP contribution is 2.33. The Balaban J connectivity index is 1.60. The van der Waals surface area contributed by atoms with Crippen LogP contribution in [0.3, 0.4) is 0 Å². The predicted octanol–water partition coefficient (Wildman–Crippen LogP) is 5.14. The minimum absolute atomic E-state index is 0.311. The number of hydrogen-bond donors (Lipinski definition) is 0. The number of halogens is 1. The Morgan fingerprint density at radius 1 is 1.10 bits per heavy atom. The highest BCUT2D eigenvalue weighted by molar-refractivity contribution is 5.69. The van der Waals surface area contributed by atoms with Gasteiger partial charge in [0, 0.05) is 30.4 Å². The van der Waals surface area contributed by atoms with Crippen molar-refractivity contribution in [2.75, 3.05) is 20.6 Å². The standard InChI is InChI=1S/C25H28FN3O/c1-28(2)11-6-12-29-24-10-9-23(30-18-19-7-4-3-5-8-19)14-20(24)15-25(29)21-13-22(26)17-27-16-21/h3-5,7-8,13-17H,6,9-12,18H2,1-2H3. The summed E-state index contributed by atoms with van der Waals surface area (Å²) >= 11 is 0. The van der Waals surface area contributed by atoms with Gasteiger partial charge in [-0.25, -0.2) is 4.39 Å². The van der Waals surface area contributed by atoms with Crippen LogP contribution in [0.2, 0.25) is 0 Å². The SMILES string of the molecule is CN(C)CCCn1c(-c2cncc(F)c2)cc2c1CCC(OCc1ccccc1)=C2. The summed E-state index contributed by atoms with van der Waals surface area (Å²) in [5, 5.41) is 0. The van der Waals surface area contributed by atoms with E-state index in [1.807, 2.05) is 18.2 Å². The van der Waals surface area contributed by atoms with Gasteiger partial charge in [-0.2, -0.15) is 0 Å². The molecule has 2 heterocycles. The zero-order valence-corrected chi connectivity index (χ0v) is 17.6. The summed E-state index contributed by atoms with van der Waals surface area (Å²) in [6, 6.07) is 13.9. The molecule has 0 radical (unpaired) electrons. The molecule has 0 saturated heterocycles. The molecule has 0 bridgehead atoms. The molecule has 0 fully saturated rings. The molecule has 1 aliphatic carbocycles. The largest absolute Gasteiger partial charge is 0.493 e. The molecular formula is C25H28FN3O. The first-order valence-corrected chi connectivity index (χ1v) is 10.5. The van der Waals surface area contributed by atoms with Crippen molar-refractivity contribution in [2.24, 2.45) is 0 Å². The molecule has 4 rings (SSSR count). The summed E-state index contributed by atoms with van der Waals surface area (Å²) < 4.78 is 22.3. The predicted molar refractivity (Wildman–Crippen MR) is 118 cm³/mol. The normalized spacial score (nSPS) is 13.3. The molecule has 156 valence electrons. The summed E-state index contributed by atoms with van der Waals surface area (Å²) in [5.41, 5.74) is 5.45. The van der Waals surface area contributed by atoms with Crippen LogP contribution in [0, 0.1) is 5.82 Å². The van der Waals surface area contributed by atoms with E-state index in [2.05, 4.69) is 52.8 Å². The molecule has 0 spiro atoms. The molecule has 0 amide bonds. The summed E-state index contributed by atoms with van der Waals surface area (Å²) in [5.74, 6) is 0.689. The van der Waals surface area contributed by atoms with Crippen LogP contribution in [-0.4, -0.2) is 35.1 Å². The number of benzene rings is 1. The Labute approximate surface area is 177 Å². The molecule has 30 heavy (non-hydrogen) atoms. The van der Waals surface area contributed by atoms with Crippen molar-refractivity contribution < 1.29 is 9.13 Å². The van der Waals surface area contributed by atoms with Crippen LogP contribution < -0.4 is 0 Å². The maximum absolute atomic E-state index is 13.8. The van der Waals surface area contributed by atoms with Crippen molar-refractivity contribution in [2.45, 2.75) is 32.4 Å². The van der Waals surface area contributed by atoms with E-state index in [0.29, 0.717) is 6.61 Å². The van der Waals surface area contributed by atoms with Crippen molar-refractivity contribution in [3.63, 3.8) is 0 Å². The van der Waals surface area contributed by atoms with Gasteiger partial charge >= 0.3 is 0 Å². The van der Waals surface area contributed by atoms with Gasteiger partial charge in [0.05, 0.1) is 17.6 Å². The van der Waals surface area contributed by atoms with Gasteiger partial charge < -0.3 is 14.2 Å². The molecule has 2 aromatic heterocycles. The average molecular weight is 406 g/mol. The van der Waals surface area contributed by atoms with Crippen molar-refractivity contribution in [1.82, 2.24) is 14.5 Å². The smallest absolute Gasteiger partial charge is 0.142 e. The summed E-state index contributed by atoms with van der Waals surface area (Å²) in [6.45, 7) is 2.48.